The summed E-state index contributed by atoms with van der Waals surface area (Å²) in [5, 5.41) is 3.65. The fourth-order valence-corrected chi connectivity index (χ4v) is 9.17. The van der Waals surface area contributed by atoms with E-state index in [1.54, 1.807) is 0 Å². The van der Waals surface area contributed by atoms with Crippen molar-refractivity contribution in [2.75, 3.05) is 32.8 Å². The van der Waals surface area contributed by atoms with E-state index in [1.165, 1.54) is 50.8 Å². The molecule has 5 atom stereocenters. The van der Waals surface area contributed by atoms with Crippen LogP contribution in [0.25, 0.3) is 0 Å². The molecule has 7 aliphatic rings. The third-order valence-corrected chi connectivity index (χ3v) is 10.0. The van der Waals surface area contributed by atoms with Crippen molar-refractivity contribution < 1.29 is 9.53 Å². The molecule has 4 nitrogen and oxygen atoms in total. The standard InChI is InChI=1S/C28H40N2O2/c1-2-32-13-10-26-14-21-15-27(18-26,23-6-4-3-5-7-23)20-28(16-21,19-26)25(31)29-24-17-30-11-8-22(24)9-12-30/h3-7,21-22,24H,2,8-20H2,1H3,(H,29,31)/t21?,24-,26+,27+,28?/m1/s1. The van der Waals surface area contributed by atoms with Crippen LogP contribution in [0.4, 0.5) is 0 Å². The average Bonchev–Trinajstić information content (AvgIpc) is 2.80. The van der Waals surface area contributed by atoms with Crippen molar-refractivity contribution in [3.05, 3.63) is 35.9 Å². The lowest BCUT2D eigenvalue weighted by Crippen LogP contribution is -2.65. The van der Waals surface area contributed by atoms with Crippen molar-refractivity contribution in [3.63, 3.8) is 0 Å². The van der Waals surface area contributed by atoms with Crippen LogP contribution in [0.5, 0.6) is 0 Å². The Morgan fingerprint density at radius 3 is 2.62 bits per heavy atom. The molecule has 32 heavy (non-hydrogen) atoms. The third-order valence-electron chi connectivity index (χ3n) is 10.0. The van der Waals surface area contributed by atoms with Gasteiger partial charge in [0.15, 0.2) is 0 Å². The van der Waals surface area contributed by atoms with E-state index in [0.717, 1.165) is 45.4 Å². The molecule has 1 amide bonds. The van der Waals surface area contributed by atoms with E-state index < -0.39 is 0 Å². The summed E-state index contributed by atoms with van der Waals surface area (Å²) in [7, 11) is 0. The summed E-state index contributed by atoms with van der Waals surface area (Å²) in [5.74, 6) is 1.75. The molecule has 3 aliphatic heterocycles. The predicted octanol–water partition coefficient (Wildman–Crippen LogP) is 4.53. The molecule has 1 N–H and O–H groups in total. The Balaban J connectivity index is 1.31. The Bertz CT molecular complexity index is 850. The maximum absolute atomic E-state index is 14.1. The molecule has 3 saturated heterocycles. The highest BCUT2D eigenvalue weighted by Crippen LogP contribution is 2.71. The van der Waals surface area contributed by atoms with Crippen molar-refractivity contribution >= 4 is 5.91 Å². The number of hydrogen-bond donors (Lipinski definition) is 1. The second-order valence-electron chi connectivity index (χ2n) is 12.1. The minimum absolute atomic E-state index is 0.166. The van der Waals surface area contributed by atoms with Crippen molar-refractivity contribution in [2.45, 2.75) is 76.2 Å². The van der Waals surface area contributed by atoms with E-state index in [0.29, 0.717) is 23.8 Å². The van der Waals surface area contributed by atoms with Crippen LogP contribution >= 0.6 is 0 Å². The van der Waals surface area contributed by atoms with E-state index >= 15 is 0 Å². The van der Waals surface area contributed by atoms with Crippen LogP contribution in [-0.2, 0) is 14.9 Å². The number of hydrogen-bond acceptors (Lipinski definition) is 3. The molecule has 8 rings (SSSR count). The molecule has 1 aromatic rings. The zero-order valence-corrected chi connectivity index (χ0v) is 19.8. The highest BCUT2D eigenvalue weighted by molar-refractivity contribution is 5.84. The maximum Gasteiger partial charge on any atom is 0.226 e. The van der Waals surface area contributed by atoms with Crippen molar-refractivity contribution in [3.8, 4) is 0 Å². The van der Waals surface area contributed by atoms with Gasteiger partial charge in [-0.15, -0.1) is 0 Å². The normalized spacial score (nSPS) is 44.0. The summed E-state index contributed by atoms with van der Waals surface area (Å²) in [6, 6.07) is 11.6. The molecule has 0 aromatic heterocycles. The van der Waals surface area contributed by atoms with E-state index in [9.17, 15) is 4.79 Å². The van der Waals surface area contributed by atoms with Gasteiger partial charge >= 0.3 is 0 Å². The van der Waals surface area contributed by atoms with E-state index in [4.69, 9.17) is 4.74 Å². The van der Waals surface area contributed by atoms with Crippen molar-refractivity contribution in [2.24, 2.45) is 22.7 Å². The fraction of sp³-hybridized carbons (Fsp3) is 0.750. The van der Waals surface area contributed by atoms with Gasteiger partial charge in [0.1, 0.15) is 0 Å². The van der Waals surface area contributed by atoms with Crippen LogP contribution in [0.15, 0.2) is 30.3 Å². The number of ether oxygens (including phenoxy) is 1. The number of nitrogens with zero attached hydrogens (tertiary/aromatic N) is 1. The Labute approximate surface area is 193 Å². The van der Waals surface area contributed by atoms with Gasteiger partial charge in [0.2, 0.25) is 5.91 Å². The summed E-state index contributed by atoms with van der Waals surface area (Å²) in [5.41, 5.74) is 1.72. The fourth-order valence-electron chi connectivity index (χ4n) is 9.17. The first kappa shape index (κ1) is 21.2. The summed E-state index contributed by atoms with van der Waals surface area (Å²) in [6.45, 7) is 7.23. The molecule has 0 radical (unpaired) electrons. The molecule has 4 aliphatic carbocycles. The van der Waals surface area contributed by atoms with Crippen LogP contribution in [0.3, 0.4) is 0 Å². The number of piperidine rings is 3. The first-order chi connectivity index (χ1) is 15.5. The third kappa shape index (κ3) is 3.44. The number of fused-ring (bicyclic) bond motifs is 3. The molecular formula is C28H40N2O2. The van der Waals surface area contributed by atoms with Crippen LogP contribution in [-0.4, -0.2) is 49.7 Å². The van der Waals surface area contributed by atoms with Gasteiger partial charge in [-0.2, -0.15) is 0 Å². The summed E-state index contributed by atoms with van der Waals surface area (Å²) < 4.78 is 5.85. The Kier molecular flexibility index (Phi) is 5.18. The number of rotatable bonds is 7. The molecule has 174 valence electrons. The number of benzene rings is 1. The van der Waals surface area contributed by atoms with Gasteiger partial charge in [-0.25, -0.2) is 0 Å². The highest BCUT2D eigenvalue weighted by Gasteiger charge is 2.65. The van der Waals surface area contributed by atoms with Crippen LogP contribution in [0.1, 0.15) is 70.3 Å². The molecule has 4 saturated carbocycles. The molecule has 4 heteroatoms. The minimum atomic E-state index is -0.187. The highest BCUT2D eigenvalue weighted by atomic mass is 16.5. The van der Waals surface area contributed by atoms with Gasteiger partial charge < -0.3 is 15.0 Å². The SMILES string of the molecule is CCOCC[C@@]12CC3CC(C(=O)N[C@@H]4CN5CCC4CC5)(C1)C[C@](c1ccccc1)(C3)C2. The van der Waals surface area contributed by atoms with Crippen molar-refractivity contribution in [1.82, 2.24) is 10.2 Å². The lowest BCUT2D eigenvalue weighted by atomic mass is 9.38. The first-order valence-corrected chi connectivity index (χ1v) is 13.2. The minimum Gasteiger partial charge on any atom is -0.382 e. The monoisotopic (exact) mass is 436 g/mol. The van der Waals surface area contributed by atoms with Crippen LogP contribution in [0, 0.1) is 22.7 Å². The Hall–Kier alpha value is -1.39. The van der Waals surface area contributed by atoms with Gasteiger partial charge in [0, 0.05) is 25.8 Å². The predicted molar refractivity (Wildman–Crippen MR) is 126 cm³/mol. The summed E-state index contributed by atoms with van der Waals surface area (Å²) >= 11 is 0. The molecule has 1 aromatic carbocycles. The second-order valence-corrected chi connectivity index (χ2v) is 12.1. The molecule has 7 fully saturated rings. The second kappa shape index (κ2) is 7.84. The lowest BCUT2D eigenvalue weighted by Gasteiger charge is -2.66. The average molecular weight is 437 g/mol. The number of amides is 1. The van der Waals surface area contributed by atoms with Gasteiger partial charge in [-0.3, -0.25) is 4.79 Å². The van der Waals surface area contributed by atoms with E-state index in [-0.39, 0.29) is 16.2 Å². The molecular weight excluding hydrogens is 396 g/mol. The first-order valence-electron chi connectivity index (χ1n) is 13.2. The van der Waals surface area contributed by atoms with Crippen molar-refractivity contribution in [1.29, 1.82) is 0 Å². The Morgan fingerprint density at radius 1 is 1.09 bits per heavy atom. The van der Waals surface area contributed by atoms with Gasteiger partial charge in [-0.05, 0) is 106 Å². The molecule has 3 heterocycles. The topological polar surface area (TPSA) is 41.6 Å². The van der Waals surface area contributed by atoms with E-state index in [1.807, 2.05) is 0 Å². The zero-order valence-electron chi connectivity index (χ0n) is 19.8. The van der Waals surface area contributed by atoms with Gasteiger partial charge in [0.05, 0.1) is 5.41 Å². The summed E-state index contributed by atoms with van der Waals surface area (Å²) in [4.78, 5) is 16.7. The van der Waals surface area contributed by atoms with E-state index in [2.05, 4.69) is 47.5 Å². The quantitative estimate of drug-likeness (QED) is 0.639. The molecule has 2 unspecified atom stereocenters. The Morgan fingerprint density at radius 2 is 1.91 bits per heavy atom. The number of carbonyl (C=O) groups excluding carboxylic acids is 1. The number of carbonyl (C=O) groups is 1. The molecule has 6 bridgehead atoms. The smallest absolute Gasteiger partial charge is 0.226 e. The largest absolute Gasteiger partial charge is 0.382 e. The molecule has 0 spiro atoms. The number of nitrogens with one attached hydrogen (secondary N) is 1. The van der Waals surface area contributed by atoms with Gasteiger partial charge in [-0.1, -0.05) is 30.3 Å². The lowest BCUT2D eigenvalue weighted by molar-refractivity contribution is -0.167. The van der Waals surface area contributed by atoms with Gasteiger partial charge in [0.25, 0.3) is 0 Å². The zero-order chi connectivity index (χ0) is 21.8. The van der Waals surface area contributed by atoms with Crippen LogP contribution in [0.2, 0.25) is 0 Å². The summed E-state index contributed by atoms with van der Waals surface area (Å²) in [6.07, 6.45) is 10.6. The van der Waals surface area contributed by atoms with Crippen LogP contribution < -0.4 is 5.32 Å². The maximum atomic E-state index is 14.1.